The second-order valence-corrected chi connectivity index (χ2v) is 7.85. The molecule has 1 aromatic heterocycles. The highest BCUT2D eigenvalue weighted by molar-refractivity contribution is 5.84. The van der Waals surface area contributed by atoms with Gasteiger partial charge in [0.25, 0.3) is 5.91 Å². The largest absolute Gasteiger partial charge is 0.497 e. The third-order valence-corrected chi connectivity index (χ3v) is 5.86. The zero-order valence-corrected chi connectivity index (χ0v) is 17.8. The minimum Gasteiger partial charge on any atom is -0.497 e. The molecule has 8 heteroatoms. The van der Waals surface area contributed by atoms with Gasteiger partial charge in [-0.1, -0.05) is 12.1 Å². The predicted molar refractivity (Wildman–Crippen MR) is 118 cm³/mol. The lowest BCUT2D eigenvalue weighted by molar-refractivity contribution is -0.142. The first-order chi connectivity index (χ1) is 15.6. The van der Waals surface area contributed by atoms with Gasteiger partial charge in [-0.3, -0.25) is 4.79 Å². The SMILES string of the molecule is COc1ccc2c(CN3CC(C(=O)N4CCOCC4)Oc4ccccc43)cc(=O)oc2c1. The van der Waals surface area contributed by atoms with E-state index in [1.54, 1.807) is 18.1 Å². The van der Waals surface area contributed by atoms with E-state index in [-0.39, 0.29) is 5.91 Å². The van der Waals surface area contributed by atoms with E-state index in [4.69, 9.17) is 18.6 Å². The summed E-state index contributed by atoms with van der Waals surface area (Å²) >= 11 is 0. The first-order valence-corrected chi connectivity index (χ1v) is 10.6. The highest BCUT2D eigenvalue weighted by atomic mass is 16.5. The van der Waals surface area contributed by atoms with Gasteiger partial charge in [-0.15, -0.1) is 0 Å². The lowest BCUT2D eigenvalue weighted by Crippen LogP contribution is -2.52. The maximum atomic E-state index is 13.1. The van der Waals surface area contributed by atoms with E-state index in [9.17, 15) is 9.59 Å². The molecule has 0 saturated carbocycles. The van der Waals surface area contributed by atoms with Crippen LogP contribution in [0, 0.1) is 0 Å². The van der Waals surface area contributed by atoms with Crippen LogP contribution >= 0.6 is 0 Å². The number of rotatable bonds is 4. The molecule has 2 aliphatic heterocycles. The van der Waals surface area contributed by atoms with Crippen molar-refractivity contribution in [3.05, 3.63) is 64.5 Å². The van der Waals surface area contributed by atoms with Gasteiger partial charge < -0.3 is 28.4 Å². The minimum absolute atomic E-state index is 0.0463. The minimum atomic E-state index is -0.630. The number of ether oxygens (including phenoxy) is 3. The van der Waals surface area contributed by atoms with Gasteiger partial charge >= 0.3 is 5.63 Å². The summed E-state index contributed by atoms with van der Waals surface area (Å²) in [5.41, 5.74) is 1.74. The standard InChI is InChI=1S/C24H24N2O6/c1-29-17-6-7-18-16(12-23(27)32-21(18)13-17)14-26-15-22(24(28)25-8-10-30-11-9-25)31-20-5-3-2-4-19(20)26/h2-7,12-13,22H,8-11,14-15H2,1H3. The molecule has 166 valence electrons. The van der Waals surface area contributed by atoms with Gasteiger partial charge in [0.2, 0.25) is 0 Å². The van der Waals surface area contributed by atoms with Crippen LogP contribution in [0.25, 0.3) is 11.0 Å². The molecule has 2 aliphatic rings. The summed E-state index contributed by atoms with van der Waals surface area (Å²) in [7, 11) is 1.57. The average Bonchev–Trinajstić information content (AvgIpc) is 2.83. The fraction of sp³-hybridized carbons (Fsp3) is 0.333. The topological polar surface area (TPSA) is 81.5 Å². The van der Waals surface area contributed by atoms with Crippen LogP contribution in [-0.4, -0.2) is 56.9 Å². The molecule has 5 rings (SSSR count). The summed E-state index contributed by atoms with van der Waals surface area (Å²) in [5, 5.41) is 0.824. The van der Waals surface area contributed by atoms with Crippen LogP contribution in [-0.2, 0) is 16.1 Å². The van der Waals surface area contributed by atoms with E-state index in [0.29, 0.717) is 56.5 Å². The Morgan fingerprint density at radius 3 is 2.75 bits per heavy atom. The van der Waals surface area contributed by atoms with Crippen molar-refractivity contribution in [3.8, 4) is 11.5 Å². The number of methoxy groups -OCH3 is 1. The maximum Gasteiger partial charge on any atom is 0.336 e. The normalized spacial score (nSPS) is 18.2. The van der Waals surface area contributed by atoms with Crippen LogP contribution in [0.15, 0.2) is 57.7 Å². The van der Waals surface area contributed by atoms with Crippen molar-refractivity contribution in [3.63, 3.8) is 0 Å². The van der Waals surface area contributed by atoms with Crippen molar-refractivity contribution in [1.29, 1.82) is 0 Å². The first-order valence-electron chi connectivity index (χ1n) is 10.6. The lowest BCUT2D eigenvalue weighted by atomic mass is 10.1. The van der Waals surface area contributed by atoms with Gasteiger partial charge in [-0.05, 0) is 29.8 Å². The van der Waals surface area contributed by atoms with Crippen molar-refractivity contribution in [2.24, 2.45) is 0 Å². The van der Waals surface area contributed by atoms with Crippen molar-refractivity contribution in [1.82, 2.24) is 4.90 Å². The third kappa shape index (κ3) is 3.89. The summed E-state index contributed by atoms with van der Waals surface area (Å²) in [6.07, 6.45) is -0.630. The fourth-order valence-electron chi connectivity index (χ4n) is 4.25. The molecule has 8 nitrogen and oxygen atoms in total. The van der Waals surface area contributed by atoms with Gasteiger partial charge in [-0.25, -0.2) is 4.79 Å². The second kappa shape index (κ2) is 8.55. The zero-order valence-electron chi connectivity index (χ0n) is 17.8. The van der Waals surface area contributed by atoms with Crippen molar-refractivity contribution >= 4 is 22.6 Å². The predicted octanol–water partition coefficient (Wildman–Crippen LogP) is 2.43. The molecule has 3 aromatic rings. The molecular formula is C24H24N2O6. The summed E-state index contributed by atoms with van der Waals surface area (Å²) in [5.74, 6) is 1.22. The number of carbonyl (C=O) groups is 1. The number of morpholine rings is 1. The van der Waals surface area contributed by atoms with Crippen molar-refractivity contribution < 1.29 is 23.4 Å². The molecule has 0 bridgehead atoms. The average molecular weight is 436 g/mol. The van der Waals surface area contributed by atoms with Gasteiger partial charge in [0.15, 0.2) is 6.10 Å². The van der Waals surface area contributed by atoms with Crippen LogP contribution < -0.4 is 20.0 Å². The number of benzene rings is 2. The molecule has 1 fully saturated rings. The molecule has 32 heavy (non-hydrogen) atoms. The van der Waals surface area contributed by atoms with Gasteiger partial charge in [0, 0.05) is 37.2 Å². The molecule has 3 heterocycles. The van der Waals surface area contributed by atoms with E-state index in [0.717, 1.165) is 16.6 Å². The van der Waals surface area contributed by atoms with Crippen LogP contribution in [0.2, 0.25) is 0 Å². The second-order valence-electron chi connectivity index (χ2n) is 7.85. The molecule has 0 N–H and O–H groups in total. The number of hydrogen-bond donors (Lipinski definition) is 0. The number of carbonyl (C=O) groups excluding carboxylic acids is 1. The van der Waals surface area contributed by atoms with Crippen LogP contribution in [0.5, 0.6) is 11.5 Å². The zero-order chi connectivity index (χ0) is 22.1. The highest BCUT2D eigenvalue weighted by Crippen LogP contribution is 2.35. The third-order valence-electron chi connectivity index (χ3n) is 5.86. The van der Waals surface area contributed by atoms with E-state index in [1.165, 1.54) is 6.07 Å². The monoisotopic (exact) mass is 436 g/mol. The number of amides is 1. The van der Waals surface area contributed by atoms with Gasteiger partial charge in [-0.2, -0.15) is 0 Å². The smallest absolute Gasteiger partial charge is 0.336 e. The molecule has 0 aliphatic carbocycles. The summed E-state index contributed by atoms with van der Waals surface area (Å²) in [4.78, 5) is 29.3. The van der Waals surface area contributed by atoms with Crippen LogP contribution in [0.3, 0.4) is 0 Å². The van der Waals surface area contributed by atoms with E-state index < -0.39 is 11.7 Å². The molecule has 0 spiro atoms. The summed E-state index contributed by atoms with van der Waals surface area (Å²) in [6.45, 7) is 3.01. The Morgan fingerprint density at radius 1 is 1.12 bits per heavy atom. The summed E-state index contributed by atoms with van der Waals surface area (Å²) in [6, 6.07) is 14.6. The molecule has 0 radical (unpaired) electrons. The van der Waals surface area contributed by atoms with E-state index >= 15 is 0 Å². The molecule has 1 saturated heterocycles. The summed E-state index contributed by atoms with van der Waals surface area (Å²) < 4.78 is 22.1. The lowest BCUT2D eigenvalue weighted by Gasteiger charge is -2.38. The molecular weight excluding hydrogens is 412 g/mol. The van der Waals surface area contributed by atoms with Crippen molar-refractivity contribution in [2.45, 2.75) is 12.6 Å². The number of anilines is 1. The first kappa shape index (κ1) is 20.4. The Hall–Kier alpha value is -3.52. The fourth-order valence-corrected chi connectivity index (χ4v) is 4.25. The van der Waals surface area contributed by atoms with E-state index in [2.05, 4.69) is 4.90 Å². The van der Waals surface area contributed by atoms with Crippen LogP contribution in [0.4, 0.5) is 5.69 Å². The Morgan fingerprint density at radius 2 is 1.94 bits per heavy atom. The number of fused-ring (bicyclic) bond motifs is 2. The Kier molecular flexibility index (Phi) is 5.45. The highest BCUT2D eigenvalue weighted by Gasteiger charge is 2.34. The Bertz CT molecular complexity index is 1200. The van der Waals surface area contributed by atoms with Gasteiger partial charge in [0.1, 0.15) is 17.1 Å². The number of para-hydroxylation sites is 2. The van der Waals surface area contributed by atoms with Crippen LogP contribution in [0.1, 0.15) is 5.56 Å². The molecule has 1 unspecified atom stereocenters. The van der Waals surface area contributed by atoms with E-state index in [1.807, 2.05) is 36.4 Å². The molecule has 2 aromatic carbocycles. The molecule has 1 amide bonds. The maximum absolute atomic E-state index is 13.1. The number of hydrogen-bond acceptors (Lipinski definition) is 7. The quantitative estimate of drug-likeness (QED) is 0.581. The Labute approximate surface area is 184 Å². The van der Waals surface area contributed by atoms with Gasteiger partial charge in [0.05, 0.1) is 32.6 Å². The Balaban J connectivity index is 1.48. The molecule has 1 atom stereocenters. The van der Waals surface area contributed by atoms with Crippen molar-refractivity contribution in [2.75, 3.05) is 44.9 Å². The number of nitrogens with zero attached hydrogens (tertiary/aromatic N) is 2.